The maximum Gasteiger partial charge on any atom is 0.0561 e. The molecule has 0 atom stereocenters. The molecule has 0 spiro atoms. The fraction of sp³-hybridized carbons (Fsp3) is 0.294. The van der Waals surface area contributed by atoms with Crippen molar-refractivity contribution in [2.24, 2.45) is 0 Å². The summed E-state index contributed by atoms with van der Waals surface area (Å²) in [4.78, 5) is 2.50. The maximum atomic E-state index is 2.57. The molecule has 6 aromatic carbocycles. The van der Waals surface area contributed by atoms with Crippen LogP contribution >= 0.6 is 0 Å². The second kappa shape index (κ2) is 13.1. The van der Waals surface area contributed by atoms with Crippen molar-refractivity contribution < 1.29 is 0 Å². The van der Waals surface area contributed by atoms with Crippen LogP contribution in [0, 0.1) is 0 Å². The standard InChI is InChI=1S/C51H50N2/c1-51(2)47-32-38(36-16-8-4-9-17-36)24-29-43(47)44-30-27-41(33-48(44)51)52(40-25-22-37(23-26-40)35-14-6-3-7-15-35)42-28-31-46-45-20-12-13-21-49(45)53(50(46)34-42)39-18-10-5-11-19-39/h5,10-13,18-36H,3-4,6-9,14-17H2,1-2H3. The molecule has 264 valence electrons. The molecular formula is C51H50N2. The Morgan fingerprint density at radius 2 is 1.02 bits per heavy atom. The highest BCUT2D eigenvalue weighted by Gasteiger charge is 2.37. The molecule has 2 fully saturated rings. The highest BCUT2D eigenvalue weighted by Crippen LogP contribution is 2.52. The number of fused-ring (bicyclic) bond motifs is 6. The van der Waals surface area contributed by atoms with E-state index in [0.29, 0.717) is 11.8 Å². The zero-order chi connectivity index (χ0) is 35.5. The molecule has 0 N–H and O–H groups in total. The van der Waals surface area contributed by atoms with Gasteiger partial charge in [0.1, 0.15) is 0 Å². The average Bonchev–Trinajstić information content (AvgIpc) is 3.66. The van der Waals surface area contributed by atoms with Crippen molar-refractivity contribution in [2.45, 2.75) is 95.3 Å². The molecule has 0 saturated heterocycles. The number of anilines is 3. The van der Waals surface area contributed by atoms with Crippen LogP contribution in [0.4, 0.5) is 17.1 Å². The van der Waals surface area contributed by atoms with E-state index in [1.54, 1.807) is 5.56 Å². The van der Waals surface area contributed by atoms with E-state index in [4.69, 9.17) is 0 Å². The van der Waals surface area contributed by atoms with Crippen molar-refractivity contribution in [3.05, 3.63) is 156 Å². The summed E-state index contributed by atoms with van der Waals surface area (Å²) in [6.07, 6.45) is 13.5. The van der Waals surface area contributed by atoms with Gasteiger partial charge in [-0.15, -0.1) is 0 Å². The number of benzene rings is 6. The Bertz CT molecular complexity index is 2440. The van der Waals surface area contributed by atoms with E-state index in [2.05, 4.69) is 157 Å². The maximum absolute atomic E-state index is 2.57. The molecule has 10 rings (SSSR count). The number of hydrogen-bond acceptors (Lipinski definition) is 1. The third-order valence-electron chi connectivity index (χ3n) is 13.2. The summed E-state index contributed by atoms with van der Waals surface area (Å²) in [5, 5.41) is 2.56. The van der Waals surface area contributed by atoms with Crippen LogP contribution in [-0.2, 0) is 5.41 Å². The van der Waals surface area contributed by atoms with E-state index in [0.717, 1.165) is 0 Å². The Balaban J connectivity index is 1.12. The molecule has 0 amide bonds. The van der Waals surface area contributed by atoms with Crippen molar-refractivity contribution in [1.29, 1.82) is 0 Å². The lowest BCUT2D eigenvalue weighted by atomic mass is 9.79. The molecule has 0 aliphatic heterocycles. The second-order valence-corrected chi connectivity index (χ2v) is 16.6. The smallest absolute Gasteiger partial charge is 0.0561 e. The Morgan fingerprint density at radius 3 is 1.75 bits per heavy atom. The molecule has 0 radical (unpaired) electrons. The monoisotopic (exact) mass is 690 g/mol. The van der Waals surface area contributed by atoms with Crippen LogP contribution in [0.3, 0.4) is 0 Å². The first-order valence-corrected chi connectivity index (χ1v) is 20.3. The number of para-hydroxylation sites is 2. The summed E-state index contributed by atoms with van der Waals surface area (Å²) in [6.45, 7) is 4.89. The summed E-state index contributed by atoms with van der Waals surface area (Å²) < 4.78 is 2.44. The lowest BCUT2D eigenvalue weighted by molar-refractivity contribution is 0.443. The zero-order valence-electron chi connectivity index (χ0n) is 31.3. The Hall–Kier alpha value is -5.08. The summed E-state index contributed by atoms with van der Waals surface area (Å²) in [5.41, 5.74) is 15.9. The minimum atomic E-state index is -0.0778. The van der Waals surface area contributed by atoms with E-state index in [1.807, 2.05) is 0 Å². The number of hydrogen-bond donors (Lipinski definition) is 0. The Labute approximate surface area is 315 Å². The van der Waals surface area contributed by atoms with Gasteiger partial charge in [-0.3, -0.25) is 0 Å². The predicted octanol–water partition coefficient (Wildman–Crippen LogP) is 14.7. The normalized spacial score (nSPS) is 17.2. The van der Waals surface area contributed by atoms with Gasteiger partial charge in [0.2, 0.25) is 0 Å². The lowest BCUT2D eigenvalue weighted by Gasteiger charge is -2.29. The fourth-order valence-electron chi connectivity index (χ4n) is 10.3. The molecule has 2 saturated carbocycles. The number of nitrogens with zero attached hydrogens (tertiary/aromatic N) is 2. The molecule has 2 heteroatoms. The summed E-state index contributed by atoms with van der Waals surface area (Å²) in [7, 11) is 0. The predicted molar refractivity (Wildman–Crippen MR) is 225 cm³/mol. The zero-order valence-corrected chi connectivity index (χ0v) is 31.3. The van der Waals surface area contributed by atoms with Gasteiger partial charge in [-0.05, 0) is 125 Å². The first kappa shape index (κ1) is 32.6. The minimum absolute atomic E-state index is 0.0778. The van der Waals surface area contributed by atoms with Gasteiger partial charge in [0, 0.05) is 38.9 Å². The second-order valence-electron chi connectivity index (χ2n) is 16.6. The van der Waals surface area contributed by atoms with Crippen molar-refractivity contribution >= 4 is 38.9 Å². The van der Waals surface area contributed by atoms with E-state index in [1.165, 1.54) is 137 Å². The highest BCUT2D eigenvalue weighted by molar-refractivity contribution is 6.10. The molecule has 0 unspecified atom stereocenters. The van der Waals surface area contributed by atoms with Gasteiger partial charge >= 0.3 is 0 Å². The van der Waals surface area contributed by atoms with Gasteiger partial charge in [0.25, 0.3) is 0 Å². The van der Waals surface area contributed by atoms with Gasteiger partial charge in [-0.1, -0.05) is 131 Å². The van der Waals surface area contributed by atoms with Gasteiger partial charge in [0.15, 0.2) is 0 Å². The van der Waals surface area contributed by atoms with Crippen LogP contribution in [0.2, 0.25) is 0 Å². The van der Waals surface area contributed by atoms with Crippen LogP contribution in [0.25, 0.3) is 38.6 Å². The van der Waals surface area contributed by atoms with Crippen molar-refractivity contribution in [3.63, 3.8) is 0 Å². The van der Waals surface area contributed by atoms with E-state index < -0.39 is 0 Å². The summed E-state index contributed by atoms with van der Waals surface area (Å²) >= 11 is 0. The molecule has 7 aromatic rings. The molecule has 2 nitrogen and oxygen atoms in total. The van der Waals surface area contributed by atoms with Crippen LogP contribution < -0.4 is 4.90 Å². The molecular weight excluding hydrogens is 641 g/mol. The molecule has 53 heavy (non-hydrogen) atoms. The topological polar surface area (TPSA) is 8.17 Å². The molecule has 1 aromatic heterocycles. The van der Waals surface area contributed by atoms with Gasteiger partial charge in [-0.25, -0.2) is 0 Å². The van der Waals surface area contributed by atoms with Gasteiger partial charge in [-0.2, -0.15) is 0 Å². The molecule has 0 bridgehead atoms. The first-order chi connectivity index (χ1) is 26.0. The Morgan fingerprint density at radius 1 is 0.472 bits per heavy atom. The number of aromatic nitrogens is 1. The van der Waals surface area contributed by atoms with E-state index in [-0.39, 0.29) is 5.41 Å². The van der Waals surface area contributed by atoms with E-state index >= 15 is 0 Å². The lowest BCUT2D eigenvalue weighted by Crippen LogP contribution is -2.17. The SMILES string of the molecule is CC1(C)c2cc(C3CCCCC3)ccc2-c2ccc(N(c3ccc(C4CCCCC4)cc3)c3ccc4c5ccccc5n(-c5ccccc5)c4c3)cc21. The molecule has 3 aliphatic rings. The highest BCUT2D eigenvalue weighted by atomic mass is 15.1. The third kappa shape index (κ3) is 5.52. The van der Waals surface area contributed by atoms with Crippen molar-refractivity contribution in [1.82, 2.24) is 4.57 Å². The largest absolute Gasteiger partial charge is 0.310 e. The van der Waals surface area contributed by atoms with E-state index in [9.17, 15) is 0 Å². The summed E-state index contributed by atoms with van der Waals surface area (Å²) in [6, 6.07) is 51.1. The van der Waals surface area contributed by atoms with Gasteiger partial charge in [0.05, 0.1) is 11.0 Å². The number of rotatable bonds is 6. The first-order valence-electron chi connectivity index (χ1n) is 20.3. The van der Waals surface area contributed by atoms with Crippen LogP contribution in [-0.4, -0.2) is 4.57 Å². The van der Waals surface area contributed by atoms with Crippen molar-refractivity contribution in [3.8, 4) is 16.8 Å². The van der Waals surface area contributed by atoms with Gasteiger partial charge < -0.3 is 9.47 Å². The quantitative estimate of drug-likeness (QED) is 0.169. The minimum Gasteiger partial charge on any atom is -0.310 e. The Kier molecular flexibility index (Phi) is 8.05. The van der Waals surface area contributed by atoms with Crippen LogP contribution in [0.1, 0.15) is 112 Å². The van der Waals surface area contributed by atoms with Crippen LogP contribution in [0.15, 0.2) is 133 Å². The third-order valence-corrected chi connectivity index (χ3v) is 13.2. The molecule has 1 heterocycles. The van der Waals surface area contributed by atoms with Crippen molar-refractivity contribution in [2.75, 3.05) is 4.90 Å². The molecule has 3 aliphatic carbocycles. The average molecular weight is 691 g/mol. The van der Waals surface area contributed by atoms with Crippen LogP contribution in [0.5, 0.6) is 0 Å². The summed E-state index contributed by atoms with van der Waals surface area (Å²) in [5.74, 6) is 1.39. The fourth-order valence-corrected chi connectivity index (χ4v) is 10.3.